The molecule has 0 saturated heterocycles. The second-order valence-electron chi connectivity index (χ2n) is 8.24. The maximum Gasteiger partial charge on any atom is 0.155 e. The summed E-state index contributed by atoms with van der Waals surface area (Å²) in [6.45, 7) is 4.72. The van der Waals surface area contributed by atoms with Crippen molar-refractivity contribution in [1.29, 1.82) is 0 Å². The average Bonchev–Trinajstić information content (AvgIpc) is 2.83. The molecule has 0 aliphatic heterocycles. The van der Waals surface area contributed by atoms with E-state index in [0.717, 1.165) is 38.0 Å². The summed E-state index contributed by atoms with van der Waals surface area (Å²) in [7, 11) is 0. The van der Waals surface area contributed by atoms with Gasteiger partial charge < -0.3 is 0 Å². The van der Waals surface area contributed by atoms with E-state index in [-0.39, 0.29) is 5.41 Å². The average molecular weight is 286 g/mol. The number of rotatable bonds is 0. The molecule has 3 fully saturated rings. The number of fused-ring (bicyclic) bond motifs is 5. The first-order chi connectivity index (χ1) is 10.0. The highest BCUT2D eigenvalue weighted by molar-refractivity contribution is 5.91. The van der Waals surface area contributed by atoms with Gasteiger partial charge in [0, 0.05) is 18.8 Å². The van der Waals surface area contributed by atoms with Gasteiger partial charge in [-0.2, -0.15) is 0 Å². The van der Waals surface area contributed by atoms with Gasteiger partial charge in [0.05, 0.1) is 0 Å². The summed E-state index contributed by atoms with van der Waals surface area (Å²) < 4.78 is 0. The molecule has 0 amide bonds. The van der Waals surface area contributed by atoms with Crippen molar-refractivity contribution in [3.05, 3.63) is 11.6 Å². The molecule has 0 bridgehead atoms. The van der Waals surface area contributed by atoms with Crippen molar-refractivity contribution in [2.45, 2.75) is 58.8 Å². The number of carbonyl (C=O) groups excluding carboxylic acids is 2. The van der Waals surface area contributed by atoms with E-state index in [1.807, 2.05) is 6.08 Å². The van der Waals surface area contributed by atoms with Crippen molar-refractivity contribution < 1.29 is 9.59 Å². The van der Waals surface area contributed by atoms with Gasteiger partial charge in [-0.15, -0.1) is 0 Å². The van der Waals surface area contributed by atoms with Crippen LogP contribution >= 0.6 is 0 Å². The van der Waals surface area contributed by atoms with E-state index in [2.05, 4.69) is 13.8 Å². The van der Waals surface area contributed by atoms with E-state index in [1.54, 1.807) is 0 Å². The van der Waals surface area contributed by atoms with Crippen LogP contribution in [0.3, 0.4) is 0 Å². The molecule has 3 saturated carbocycles. The van der Waals surface area contributed by atoms with Crippen molar-refractivity contribution in [2.24, 2.45) is 35.0 Å². The lowest BCUT2D eigenvalue weighted by atomic mass is 9.48. The van der Waals surface area contributed by atoms with Crippen LogP contribution in [0.4, 0.5) is 0 Å². The summed E-state index contributed by atoms with van der Waals surface area (Å²) in [5, 5.41) is 0. The lowest BCUT2D eigenvalue weighted by Gasteiger charge is -2.56. The van der Waals surface area contributed by atoms with Crippen LogP contribution in [0.15, 0.2) is 11.6 Å². The molecule has 4 aliphatic carbocycles. The van der Waals surface area contributed by atoms with Crippen LogP contribution in [-0.4, -0.2) is 11.6 Å². The molecular formula is C19H26O2. The molecule has 2 heteroatoms. The van der Waals surface area contributed by atoms with E-state index in [0.29, 0.717) is 35.2 Å². The predicted octanol–water partition coefficient (Wildman–Crippen LogP) is 3.94. The standard InChI is InChI=1S/C19H26O2/c1-11-9-15-13-4-6-18(21)14(13)3-5-16(15)19(2)8-7-12(20)10-17(11)19/h10-11,13-16H,3-9H2,1-2H3. The minimum absolute atomic E-state index is 0.229. The Bertz CT molecular complexity index is 532. The molecule has 0 aromatic carbocycles. The molecule has 0 aromatic heterocycles. The van der Waals surface area contributed by atoms with Gasteiger partial charge in [-0.05, 0) is 67.3 Å². The Kier molecular flexibility index (Phi) is 2.96. The van der Waals surface area contributed by atoms with Crippen LogP contribution in [0.1, 0.15) is 58.8 Å². The van der Waals surface area contributed by atoms with Crippen LogP contribution < -0.4 is 0 Å². The van der Waals surface area contributed by atoms with Gasteiger partial charge in [-0.3, -0.25) is 9.59 Å². The largest absolute Gasteiger partial charge is 0.299 e. The third-order valence-corrected chi connectivity index (χ3v) is 7.35. The maximum absolute atomic E-state index is 12.1. The zero-order valence-electron chi connectivity index (χ0n) is 13.2. The van der Waals surface area contributed by atoms with Crippen molar-refractivity contribution in [3.63, 3.8) is 0 Å². The van der Waals surface area contributed by atoms with Crippen LogP contribution in [0.25, 0.3) is 0 Å². The molecule has 2 nitrogen and oxygen atoms in total. The number of ketones is 2. The first-order valence-corrected chi connectivity index (χ1v) is 8.78. The van der Waals surface area contributed by atoms with Gasteiger partial charge in [0.15, 0.2) is 5.78 Å². The Morgan fingerprint density at radius 1 is 1.10 bits per heavy atom. The monoisotopic (exact) mass is 286 g/mol. The van der Waals surface area contributed by atoms with Crippen molar-refractivity contribution in [3.8, 4) is 0 Å². The third kappa shape index (κ3) is 1.83. The van der Waals surface area contributed by atoms with Crippen molar-refractivity contribution in [2.75, 3.05) is 0 Å². The lowest BCUT2D eigenvalue weighted by molar-refractivity contribution is -0.124. The molecule has 4 rings (SSSR count). The Morgan fingerprint density at radius 3 is 2.71 bits per heavy atom. The summed E-state index contributed by atoms with van der Waals surface area (Å²) in [6, 6.07) is 0. The summed E-state index contributed by atoms with van der Waals surface area (Å²) in [5.41, 5.74) is 1.66. The smallest absolute Gasteiger partial charge is 0.155 e. The fourth-order valence-electron chi connectivity index (χ4n) is 6.40. The Balaban J connectivity index is 1.72. The van der Waals surface area contributed by atoms with Crippen LogP contribution in [0.2, 0.25) is 0 Å². The second-order valence-corrected chi connectivity index (χ2v) is 8.24. The highest BCUT2D eigenvalue weighted by Crippen LogP contribution is 2.62. The molecular weight excluding hydrogens is 260 g/mol. The number of allylic oxidation sites excluding steroid dienone is 1. The molecule has 6 unspecified atom stereocenters. The first kappa shape index (κ1) is 13.7. The van der Waals surface area contributed by atoms with Crippen molar-refractivity contribution >= 4 is 11.6 Å². The van der Waals surface area contributed by atoms with Gasteiger partial charge in [0.2, 0.25) is 0 Å². The number of hydrogen-bond acceptors (Lipinski definition) is 2. The molecule has 0 radical (unpaired) electrons. The summed E-state index contributed by atoms with van der Waals surface area (Å²) >= 11 is 0. The minimum Gasteiger partial charge on any atom is -0.299 e. The summed E-state index contributed by atoms with van der Waals surface area (Å²) in [4.78, 5) is 24.0. The van der Waals surface area contributed by atoms with Gasteiger partial charge in [0.25, 0.3) is 0 Å². The van der Waals surface area contributed by atoms with Crippen LogP contribution in [-0.2, 0) is 9.59 Å². The first-order valence-electron chi connectivity index (χ1n) is 8.78. The Morgan fingerprint density at radius 2 is 1.90 bits per heavy atom. The highest BCUT2D eigenvalue weighted by Gasteiger charge is 2.55. The van der Waals surface area contributed by atoms with Gasteiger partial charge in [-0.1, -0.05) is 19.4 Å². The zero-order valence-corrected chi connectivity index (χ0v) is 13.2. The molecule has 0 N–H and O–H groups in total. The lowest BCUT2D eigenvalue weighted by Crippen LogP contribution is -2.49. The van der Waals surface area contributed by atoms with Gasteiger partial charge in [-0.25, -0.2) is 0 Å². The number of carbonyl (C=O) groups is 2. The van der Waals surface area contributed by atoms with E-state index in [9.17, 15) is 9.59 Å². The Labute approximate surface area is 127 Å². The summed E-state index contributed by atoms with van der Waals surface area (Å²) in [5.74, 6) is 3.84. The predicted molar refractivity (Wildman–Crippen MR) is 81.6 cm³/mol. The molecule has 0 spiro atoms. The topological polar surface area (TPSA) is 34.1 Å². The number of hydrogen-bond donors (Lipinski definition) is 0. The third-order valence-electron chi connectivity index (χ3n) is 7.35. The maximum atomic E-state index is 12.1. The molecule has 114 valence electrons. The summed E-state index contributed by atoms with van der Waals surface area (Å²) in [6.07, 6.45) is 9.21. The van der Waals surface area contributed by atoms with E-state index < -0.39 is 0 Å². The quantitative estimate of drug-likeness (QED) is 0.676. The Hall–Kier alpha value is -0.920. The molecule has 0 heterocycles. The minimum atomic E-state index is 0.229. The molecule has 4 aliphatic rings. The highest BCUT2D eigenvalue weighted by atomic mass is 16.1. The van der Waals surface area contributed by atoms with E-state index >= 15 is 0 Å². The van der Waals surface area contributed by atoms with E-state index in [4.69, 9.17) is 0 Å². The molecule has 21 heavy (non-hydrogen) atoms. The van der Waals surface area contributed by atoms with Crippen molar-refractivity contribution in [1.82, 2.24) is 0 Å². The molecule has 0 aromatic rings. The van der Waals surface area contributed by atoms with Crippen LogP contribution in [0.5, 0.6) is 0 Å². The zero-order chi connectivity index (χ0) is 14.8. The fraction of sp³-hybridized carbons (Fsp3) is 0.789. The fourth-order valence-corrected chi connectivity index (χ4v) is 6.40. The second kappa shape index (κ2) is 4.54. The van der Waals surface area contributed by atoms with E-state index in [1.165, 1.54) is 18.4 Å². The van der Waals surface area contributed by atoms with Crippen LogP contribution in [0, 0.1) is 35.0 Å². The number of Topliss-reactive ketones (excluding diaryl/α,β-unsaturated/α-hetero) is 1. The van der Waals surface area contributed by atoms with Gasteiger partial charge >= 0.3 is 0 Å². The SMILES string of the molecule is CC1CC2C3CCC(=O)C3CCC2C2(C)CCC(=O)C=C12. The normalized spacial score (nSPS) is 49.2. The molecule has 6 atom stereocenters. The van der Waals surface area contributed by atoms with Gasteiger partial charge in [0.1, 0.15) is 5.78 Å².